The van der Waals surface area contributed by atoms with E-state index in [4.69, 9.17) is 16.3 Å². The molecular formula is C22H25ClN2O3S. The van der Waals surface area contributed by atoms with Crippen LogP contribution in [0.5, 0.6) is 5.75 Å². The first-order valence-corrected chi connectivity index (χ1v) is 11.0. The van der Waals surface area contributed by atoms with E-state index in [1.165, 1.54) is 0 Å². The Hall–Kier alpha value is -2.18. The van der Waals surface area contributed by atoms with Gasteiger partial charge >= 0.3 is 0 Å². The number of carbonyl (C=O) groups is 2. The highest BCUT2D eigenvalue weighted by atomic mass is 35.5. The summed E-state index contributed by atoms with van der Waals surface area (Å²) in [5, 5.41) is 0.380. The molecule has 1 saturated heterocycles. The molecule has 7 heteroatoms. The normalized spacial score (nSPS) is 16.4. The van der Waals surface area contributed by atoms with E-state index in [1.807, 2.05) is 43.0 Å². The first kappa shape index (κ1) is 21.5. The molecular weight excluding hydrogens is 408 g/mol. The molecule has 29 heavy (non-hydrogen) atoms. The Balaban J connectivity index is 1.74. The maximum absolute atomic E-state index is 13.0. The largest absolute Gasteiger partial charge is 0.497 e. The molecule has 0 spiro atoms. The number of thioether (sulfide) groups is 1. The highest BCUT2D eigenvalue weighted by Crippen LogP contribution is 2.38. The van der Waals surface area contributed by atoms with Gasteiger partial charge in [-0.2, -0.15) is 0 Å². The zero-order valence-electron chi connectivity index (χ0n) is 16.8. The summed E-state index contributed by atoms with van der Waals surface area (Å²) in [5.74, 6) is 1.19. The molecule has 0 radical (unpaired) electrons. The van der Waals surface area contributed by atoms with Gasteiger partial charge in [0.25, 0.3) is 5.91 Å². The molecule has 2 amide bonds. The van der Waals surface area contributed by atoms with Gasteiger partial charge in [-0.05, 0) is 43.7 Å². The van der Waals surface area contributed by atoms with Crippen molar-refractivity contribution in [3.05, 3.63) is 64.7 Å². The lowest BCUT2D eigenvalue weighted by atomic mass is 10.1. The molecule has 154 valence electrons. The van der Waals surface area contributed by atoms with Gasteiger partial charge < -0.3 is 14.5 Å². The highest BCUT2D eigenvalue weighted by Gasteiger charge is 2.33. The van der Waals surface area contributed by atoms with Crippen LogP contribution in [0.3, 0.4) is 0 Å². The minimum Gasteiger partial charge on any atom is -0.497 e. The lowest BCUT2D eigenvalue weighted by molar-refractivity contribution is -0.128. The molecule has 0 N–H and O–H groups in total. The topological polar surface area (TPSA) is 49.9 Å². The maximum atomic E-state index is 13.0. The molecule has 1 fully saturated rings. The van der Waals surface area contributed by atoms with Crippen molar-refractivity contribution in [3.8, 4) is 5.75 Å². The van der Waals surface area contributed by atoms with Crippen LogP contribution >= 0.6 is 23.4 Å². The van der Waals surface area contributed by atoms with E-state index in [2.05, 4.69) is 0 Å². The lowest BCUT2D eigenvalue weighted by Gasteiger charge is -2.31. The first-order valence-electron chi connectivity index (χ1n) is 9.53. The van der Waals surface area contributed by atoms with Crippen LogP contribution in [0.25, 0.3) is 0 Å². The van der Waals surface area contributed by atoms with Crippen molar-refractivity contribution < 1.29 is 14.3 Å². The fourth-order valence-corrected chi connectivity index (χ4v) is 4.77. The number of halogens is 1. The van der Waals surface area contributed by atoms with Crippen LogP contribution in [0.15, 0.2) is 48.5 Å². The Morgan fingerprint density at radius 1 is 1.24 bits per heavy atom. The molecule has 1 atom stereocenters. The van der Waals surface area contributed by atoms with Crippen molar-refractivity contribution in [2.75, 3.05) is 26.0 Å². The predicted molar refractivity (Wildman–Crippen MR) is 118 cm³/mol. The van der Waals surface area contributed by atoms with Crippen LogP contribution < -0.4 is 4.74 Å². The minimum absolute atomic E-state index is 0.0106. The van der Waals surface area contributed by atoms with Crippen LogP contribution in [0.4, 0.5) is 0 Å². The van der Waals surface area contributed by atoms with Gasteiger partial charge in [0, 0.05) is 19.1 Å². The van der Waals surface area contributed by atoms with Crippen molar-refractivity contribution in [1.82, 2.24) is 9.80 Å². The van der Waals surface area contributed by atoms with Gasteiger partial charge in [-0.3, -0.25) is 9.59 Å². The number of hydrogen-bond acceptors (Lipinski definition) is 4. The third-order valence-corrected chi connectivity index (χ3v) is 6.52. The minimum atomic E-state index is -0.120. The van der Waals surface area contributed by atoms with Crippen LogP contribution in [-0.4, -0.2) is 53.6 Å². The molecule has 1 unspecified atom stereocenters. The fourth-order valence-electron chi connectivity index (χ4n) is 3.34. The highest BCUT2D eigenvalue weighted by molar-refractivity contribution is 8.00. The summed E-state index contributed by atoms with van der Waals surface area (Å²) < 4.78 is 5.22. The zero-order valence-corrected chi connectivity index (χ0v) is 18.4. The molecule has 1 heterocycles. The Labute approximate surface area is 181 Å². The number of benzene rings is 2. The second-order valence-corrected chi connectivity index (χ2v) is 8.57. The summed E-state index contributed by atoms with van der Waals surface area (Å²) in [6, 6.07) is 14.8. The van der Waals surface area contributed by atoms with E-state index in [-0.39, 0.29) is 23.2 Å². The van der Waals surface area contributed by atoms with E-state index in [0.717, 1.165) is 11.3 Å². The standard InChI is InChI=1S/C22H25ClN2O3S/c1-15(2)24(21(27)18-6-4-5-7-19(18)23)12-13-25-20(26)14-29-22(25)16-8-10-17(28-3)11-9-16/h4-11,15,22H,12-14H2,1-3H3. The molecule has 5 nitrogen and oxygen atoms in total. The molecule has 0 aliphatic carbocycles. The molecule has 1 aliphatic rings. The van der Waals surface area contributed by atoms with E-state index in [1.54, 1.807) is 48.0 Å². The quantitative estimate of drug-likeness (QED) is 0.647. The molecule has 0 aromatic heterocycles. The van der Waals surface area contributed by atoms with Crippen LogP contribution in [-0.2, 0) is 4.79 Å². The summed E-state index contributed by atoms with van der Waals surface area (Å²) in [5.41, 5.74) is 1.53. The van der Waals surface area contributed by atoms with Gasteiger partial charge in [-0.25, -0.2) is 0 Å². The average molecular weight is 433 g/mol. The van der Waals surface area contributed by atoms with Crippen molar-refractivity contribution in [1.29, 1.82) is 0 Å². The van der Waals surface area contributed by atoms with E-state index < -0.39 is 0 Å². The third kappa shape index (κ3) is 4.87. The van der Waals surface area contributed by atoms with E-state index in [0.29, 0.717) is 29.4 Å². The van der Waals surface area contributed by atoms with E-state index >= 15 is 0 Å². The fraction of sp³-hybridized carbons (Fsp3) is 0.364. The smallest absolute Gasteiger partial charge is 0.255 e. The summed E-state index contributed by atoms with van der Waals surface area (Å²) >= 11 is 7.82. The number of rotatable bonds is 7. The summed E-state index contributed by atoms with van der Waals surface area (Å²) in [4.78, 5) is 29.2. The van der Waals surface area contributed by atoms with Gasteiger partial charge in [-0.15, -0.1) is 11.8 Å². The lowest BCUT2D eigenvalue weighted by Crippen LogP contribution is -2.43. The molecule has 3 rings (SSSR count). The van der Waals surface area contributed by atoms with Crippen molar-refractivity contribution in [2.45, 2.75) is 25.3 Å². The Kier molecular flexibility index (Phi) is 7.09. The number of hydrogen-bond donors (Lipinski definition) is 0. The van der Waals surface area contributed by atoms with Gasteiger partial charge in [0.1, 0.15) is 11.1 Å². The zero-order chi connectivity index (χ0) is 21.0. The average Bonchev–Trinajstić information content (AvgIpc) is 3.08. The Bertz CT molecular complexity index is 873. The van der Waals surface area contributed by atoms with Gasteiger partial charge in [0.05, 0.1) is 23.4 Å². The number of methoxy groups -OCH3 is 1. The first-order chi connectivity index (χ1) is 13.9. The summed E-state index contributed by atoms with van der Waals surface area (Å²) in [6.07, 6.45) is 0. The second-order valence-electron chi connectivity index (χ2n) is 7.10. The summed E-state index contributed by atoms with van der Waals surface area (Å²) in [7, 11) is 1.63. The molecule has 0 saturated carbocycles. The van der Waals surface area contributed by atoms with Crippen molar-refractivity contribution in [2.24, 2.45) is 0 Å². The number of amides is 2. The molecule has 1 aliphatic heterocycles. The predicted octanol–water partition coefficient (Wildman–Crippen LogP) is 4.47. The number of carbonyl (C=O) groups excluding carboxylic acids is 2. The van der Waals surface area contributed by atoms with Crippen LogP contribution in [0.1, 0.15) is 35.1 Å². The maximum Gasteiger partial charge on any atom is 0.255 e. The van der Waals surface area contributed by atoms with Gasteiger partial charge in [-0.1, -0.05) is 35.9 Å². The van der Waals surface area contributed by atoms with Gasteiger partial charge in [0.2, 0.25) is 5.91 Å². The third-order valence-electron chi connectivity index (χ3n) is 4.94. The second kappa shape index (κ2) is 9.55. The Morgan fingerprint density at radius 3 is 2.55 bits per heavy atom. The van der Waals surface area contributed by atoms with Crippen LogP contribution in [0.2, 0.25) is 5.02 Å². The molecule has 2 aromatic carbocycles. The number of ether oxygens (including phenoxy) is 1. The van der Waals surface area contributed by atoms with Crippen molar-refractivity contribution >= 4 is 35.2 Å². The monoisotopic (exact) mass is 432 g/mol. The number of nitrogens with zero attached hydrogens (tertiary/aromatic N) is 2. The van der Waals surface area contributed by atoms with E-state index in [9.17, 15) is 9.59 Å². The van der Waals surface area contributed by atoms with Crippen molar-refractivity contribution in [3.63, 3.8) is 0 Å². The van der Waals surface area contributed by atoms with Gasteiger partial charge in [0.15, 0.2) is 0 Å². The van der Waals surface area contributed by atoms with Crippen LogP contribution in [0, 0.1) is 0 Å². The molecule has 0 bridgehead atoms. The SMILES string of the molecule is COc1ccc(C2SCC(=O)N2CCN(C(=O)c2ccccc2Cl)C(C)C)cc1. The summed E-state index contributed by atoms with van der Waals surface area (Å²) in [6.45, 7) is 4.85. The molecule has 2 aromatic rings. The Morgan fingerprint density at radius 2 is 1.93 bits per heavy atom.